The molecule has 2 aromatic heterocycles. The standard InChI is InChI=1S/C51H58F3N7O10S/c1-29(2)34-6-4-5-7-35(34)41-28-68-19-18-60(41)32-24-51(25-32)14-16-59(17-15-51)31-8-9-36(42(20-31)70-44-23-37-38(52)26-55-46(37)57-48(44)71-49(53)54)47(62)58-72(66,67)33-21-40(61(64)65)45-43(22-33)69-27-39(56-45)30-10-12-50(3,63)13-11-30/h4-9,20-23,26,29-30,32,39,41,49,56,63H,10-19,24-25,27-28H2,1-3H3,(H,55,57)(H,58,62)/t30?,39-,41+,50?/m1/s1. The fourth-order valence-electron chi connectivity index (χ4n) is 11.5. The summed E-state index contributed by atoms with van der Waals surface area (Å²) in [4.78, 5) is 36.5. The van der Waals surface area contributed by atoms with Crippen LogP contribution in [-0.4, -0.2) is 103 Å². The van der Waals surface area contributed by atoms with Crippen molar-refractivity contribution in [3.8, 4) is 23.1 Å². The number of hydrogen-bond donors (Lipinski definition) is 4. The number of pyridine rings is 1. The number of H-pyrrole nitrogens is 1. The smallest absolute Gasteiger partial charge is 0.388 e. The molecule has 5 heterocycles. The molecule has 0 unspecified atom stereocenters. The second kappa shape index (κ2) is 19.4. The number of rotatable bonds is 13. The lowest BCUT2D eigenvalue weighted by molar-refractivity contribution is -0.384. The van der Waals surface area contributed by atoms with Gasteiger partial charge in [0.25, 0.3) is 27.5 Å². The van der Waals surface area contributed by atoms with Crippen LogP contribution in [0.4, 0.5) is 30.2 Å². The number of benzene rings is 3. The average molecular weight is 1020 g/mol. The summed E-state index contributed by atoms with van der Waals surface area (Å²) in [5, 5.41) is 25.9. The van der Waals surface area contributed by atoms with E-state index in [-0.39, 0.29) is 63.8 Å². The summed E-state index contributed by atoms with van der Waals surface area (Å²) in [6, 6.07) is 16.3. The Morgan fingerprint density at radius 1 is 1.01 bits per heavy atom. The first kappa shape index (κ1) is 49.4. The predicted octanol–water partition coefficient (Wildman–Crippen LogP) is 9.18. The molecule has 4 N–H and O–H groups in total. The third kappa shape index (κ3) is 9.87. The van der Waals surface area contributed by atoms with Crippen LogP contribution in [0.2, 0.25) is 0 Å². The Kier molecular flexibility index (Phi) is 13.3. The number of nitro benzene ring substituents is 1. The fourth-order valence-corrected chi connectivity index (χ4v) is 12.5. The topological polar surface area (TPSA) is 211 Å². The summed E-state index contributed by atoms with van der Waals surface area (Å²) in [5.41, 5.74) is 1.46. The molecule has 2 atom stereocenters. The number of halogens is 3. The summed E-state index contributed by atoms with van der Waals surface area (Å²) >= 11 is 0. The van der Waals surface area contributed by atoms with Gasteiger partial charge in [0.15, 0.2) is 17.2 Å². The van der Waals surface area contributed by atoms with Gasteiger partial charge in [-0.25, -0.2) is 17.5 Å². The molecule has 4 fully saturated rings. The number of anilines is 2. The zero-order chi connectivity index (χ0) is 50.7. The monoisotopic (exact) mass is 1020 g/mol. The first-order chi connectivity index (χ1) is 34.4. The number of nitrogens with one attached hydrogen (secondary N) is 3. The number of aliphatic hydroxyl groups is 1. The Balaban J connectivity index is 0.898. The number of piperidine rings is 1. The van der Waals surface area contributed by atoms with Crippen molar-refractivity contribution >= 4 is 44.0 Å². The largest absolute Gasteiger partial charge is 0.489 e. The molecule has 2 aliphatic carbocycles. The van der Waals surface area contributed by atoms with Crippen molar-refractivity contribution in [2.45, 2.75) is 113 Å². The zero-order valence-corrected chi connectivity index (χ0v) is 41.0. The van der Waals surface area contributed by atoms with E-state index in [0.717, 1.165) is 56.6 Å². The van der Waals surface area contributed by atoms with Gasteiger partial charge in [-0.05, 0) is 98.8 Å². The number of carbonyl (C=O) groups is 1. The van der Waals surface area contributed by atoms with Crippen molar-refractivity contribution < 1.29 is 55.4 Å². The van der Waals surface area contributed by atoms with Gasteiger partial charge in [-0.1, -0.05) is 38.1 Å². The number of sulfonamides is 1. The number of aromatic amines is 1. The number of nitro groups is 1. The zero-order valence-electron chi connectivity index (χ0n) is 40.2. The van der Waals surface area contributed by atoms with E-state index < -0.39 is 61.1 Å². The average Bonchev–Trinajstić information content (AvgIpc) is 3.70. The normalized spacial score (nSPS) is 23.6. The van der Waals surface area contributed by atoms with Crippen molar-refractivity contribution in [2.75, 3.05) is 49.7 Å². The highest BCUT2D eigenvalue weighted by Gasteiger charge is 2.50. The van der Waals surface area contributed by atoms with Crippen LogP contribution in [0.3, 0.4) is 0 Å². The maximum absolute atomic E-state index is 14.9. The lowest BCUT2D eigenvalue weighted by Crippen LogP contribution is -2.58. The minimum absolute atomic E-state index is 0.00819. The Bertz CT molecular complexity index is 2980. The first-order valence-electron chi connectivity index (χ1n) is 24.5. The van der Waals surface area contributed by atoms with Gasteiger partial charge in [-0.3, -0.25) is 19.8 Å². The van der Waals surface area contributed by atoms with Gasteiger partial charge in [0, 0.05) is 61.8 Å². The molecule has 21 heteroatoms. The molecule has 17 nitrogen and oxygen atoms in total. The van der Waals surface area contributed by atoms with Crippen molar-refractivity contribution in [1.29, 1.82) is 0 Å². The molecule has 0 bridgehead atoms. The van der Waals surface area contributed by atoms with E-state index in [4.69, 9.17) is 14.2 Å². The summed E-state index contributed by atoms with van der Waals surface area (Å²) in [6.07, 6.45) is 7.18. The predicted molar refractivity (Wildman–Crippen MR) is 260 cm³/mol. The molecule has 5 aromatic rings. The number of morpholine rings is 1. The Morgan fingerprint density at radius 3 is 2.49 bits per heavy atom. The molecule has 2 saturated heterocycles. The fraction of sp³-hybridized carbons (Fsp3) is 0.490. The van der Waals surface area contributed by atoms with E-state index >= 15 is 0 Å². The Labute approximate surface area is 414 Å². The molecular weight excluding hydrogens is 960 g/mol. The van der Waals surface area contributed by atoms with Gasteiger partial charge < -0.3 is 39.3 Å². The molecule has 1 amide bonds. The van der Waals surface area contributed by atoms with E-state index in [9.17, 15) is 41.6 Å². The number of carbonyl (C=O) groups excluding carboxylic acids is 1. The Hall–Kier alpha value is -6.16. The molecule has 3 aliphatic heterocycles. The number of nitrogens with zero attached hydrogens (tertiary/aromatic N) is 4. The summed E-state index contributed by atoms with van der Waals surface area (Å²) in [7, 11) is -4.87. The van der Waals surface area contributed by atoms with Crippen molar-refractivity contribution in [1.82, 2.24) is 19.6 Å². The summed E-state index contributed by atoms with van der Waals surface area (Å²) < 4.78 is 95.3. The van der Waals surface area contributed by atoms with Crippen LogP contribution >= 0.6 is 0 Å². The maximum Gasteiger partial charge on any atom is 0.388 e. The molecular formula is C51H58F3N7O10S. The minimum Gasteiger partial charge on any atom is -0.489 e. The van der Waals surface area contributed by atoms with Gasteiger partial charge in [0.2, 0.25) is 0 Å². The highest BCUT2D eigenvalue weighted by atomic mass is 32.2. The van der Waals surface area contributed by atoms with Crippen molar-refractivity contribution in [3.05, 3.63) is 99.5 Å². The van der Waals surface area contributed by atoms with E-state index in [1.807, 2.05) is 4.72 Å². The second-order valence-electron chi connectivity index (χ2n) is 20.6. The molecule has 3 aromatic carbocycles. The molecule has 384 valence electrons. The molecule has 0 radical (unpaired) electrons. The van der Waals surface area contributed by atoms with Crippen molar-refractivity contribution in [2.24, 2.45) is 11.3 Å². The van der Waals surface area contributed by atoms with Crippen LogP contribution in [0.25, 0.3) is 11.0 Å². The SMILES string of the molecule is CC(C)c1ccccc1[C@@H]1COCCN1C1CC2(CCN(c3ccc(C(=O)NS(=O)(=O)c4cc5c(c([N+](=O)[O-])c4)N[C@@H](C4CCC(C)(O)CC4)CO5)c(Oc4cc5c(F)c[nH]c5nc4OC(F)F)c3)CC2)C1. The third-order valence-corrected chi connectivity index (χ3v) is 16.8. The van der Waals surface area contributed by atoms with E-state index in [2.05, 4.69) is 67.9 Å². The maximum atomic E-state index is 14.9. The first-order valence-corrected chi connectivity index (χ1v) is 26.0. The third-order valence-electron chi connectivity index (χ3n) is 15.5. The quantitative estimate of drug-likeness (QED) is 0.0640. The summed E-state index contributed by atoms with van der Waals surface area (Å²) in [5.74, 6) is -3.20. The van der Waals surface area contributed by atoms with Gasteiger partial charge in [-0.2, -0.15) is 13.8 Å². The highest BCUT2D eigenvalue weighted by Crippen LogP contribution is 2.53. The Morgan fingerprint density at radius 2 is 1.76 bits per heavy atom. The molecule has 2 saturated carbocycles. The highest BCUT2D eigenvalue weighted by molar-refractivity contribution is 7.90. The van der Waals surface area contributed by atoms with Crippen LogP contribution in [-0.2, 0) is 14.8 Å². The molecule has 5 aliphatic rings. The van der Waals surface area contributed by atoms with Crippen LogP contribution in [0.5, 0.6) is 23.1 Å². The van der Waals surface area contributed by atoms with Crippen LogP contribution in [0.15, 0.2) is 71.8 Å². The molecule has 10 rings (SSSR count). The lowest BCUT2D eigenvalue weighted by Gasteiger charge is -2.57. The number of hydrogen-bond acceptors (Lipinski definition) is 14. The number of fused-ring (bicyclic) bond motifs is 2. The number of aromatic nitrogens is 2. The van der Waals surface area contributed by atoms with Crippen molar-refractivity contribution in [3.63, 3.8) is 0 Å². The van der Waals surface area contributed by atoms with Gasteiger partial charge >= 0.3 is 6.61 Å². The lowest BCUT2D eigenvalue weighted by atomic mass is 9.59. The minimum atomic E-state index is -4.87. The number of amides is 1. The van der Waals surface area contributed by atoms with Crippen LogP contribution in [0, 0.1) is 27.3 Å². The number of alkyl halides is 2. The van der Waals surface area contributed by atoms with E-state index in [1.54, 1.807) is 13.0 Å². The van der Waals surface area contributed by atoms with E-state index in [1.165, 1.54) is 23.3 Å². The molecule has 72 heavy (non-hydrogen) atoms. The molecule has 1 spiro atoms. The second-order valence-corrected chi connectivity index (χ2v) is 22.2. The summed E-state index contributed by atoms with van der Waals surface area (Å²) in [6.45, 7) is 6.33. The van der Waals surface area contributed by atoms with E-state index in [0.29, 0.717) is 69.6 Å². The van der Waals surface area contributed by atoms with Gasteiger partial charge in [0.05, 0.1) is 51.7 Å². The van der Waals surface area contributed by atoms with Gasteiger partial charge in [-0.15, -0.1) is 0 Å². The van der Waals surface area contributed by atoms with Gasteiger partial charge in [0.1, 0.15) is 23.8 Å². The van der Waals surface area contributed by atoms with Crippen LogP contribution in [0.1, 0.15) is 106 Å². The van der Waals surface area contributed by atoms with Crippen LogP contribution < -0.4 is 29.1 Å². The number of ether oxygens (including phenoxy) is 4.